The second-order valence-corrected chi connectivity index (χ2v) is 12.2. The normalized spacial score (nSPS) is 25.6. The zero-order valence-electron chi connectivity index (χ0n) is 24.7. The molecule has 2 amide bonds. The number of amides is 2. The molecule has 4 heterocycles. The largest absolute Gasteiger partial charge is 0.382 e. The van der Waals surface area contributed by atoms with Crippen LogP contribution in [0, 0.1) is 0 Å². The van der Waals surface area contributed by atoms with Gasteiger partial charge in [0, 0.05) is 18.8 Å². The highest BCUT2D eigenvalue weighted by Gasteiger charge is 2.56. The van der Waals surface area contributed by atoms with Gasteiger partial charge in [-0.2, -0.15) is 0 Å². The summed E-state index contributed by atoms with van der Waals surface area (Å²) in [6, 6.07) is 8.12. The van der Waals surface area contributed by atoms with Crippen molar-refractivity contribution in [1.82, 2.24) is 29.7 Å². The topological polar surface area (TPSA) is 142 Å². The summed E-state index contributed by atoms with van der Waals surface area (Å²) in [4.78, 5) is 27.5. The van der Waals surface area contributed by atoms with Crippen LogP contribution in [0.5, 0.6) is 0 Å². The Balaban J connectivity index is 0.979. The summed E-state index contributed by atoms with van der Waals surface area (Å²) >= 11 is 0. The molecule has 42 heavy (non-hydrogen) atoms. The van der Waals surface area contributed by atoms with E-state index in [4.69, 9.17) is 19.9 Å². The van der Waals surface area contributed by atoms with Crippen molar-refractivity contribution in [2.75, 3.05) is 37.7 Å². The van der Waals surface area contributed by atoms with E-state index in [1.54, 1.807) is 6.33 Å². The number of carbonyl (C=O) groups excluding carboxylic acids is 1. The third-order valence-corrected chi connectivity index (χ3v) is 8.53. The molecule has 12 nitrogen and oxygen atoms in total. The summed E-state index contributed by atoms with van der Waals surface area (Å²) in [5.74, 6) is 0.249. The van der Waals surface area contributed by atoms with Crippen LogP contribution in [0.1, 0.15) is 70.1 Å². The first-order valence-corrected chi connectivity index (χ1v) is 15.0. The van der Waals surface area contributed by atoms with E-state index in [1.807, 2.05) is 37.6 Å². The summed E-state index contributed by atoms with van der Waals surface area (Å²) in [5.41, 5.74) is 9.31. The van der Waals surface area contributed by atoms with Gasteiger partial charge in [0.1, 0.15) is 30.2 Å². The molecule has 1 aliphatic carbocycles. The highest BCUT2D eigenvalue weighted by molar-refractivity contribution is 5.89. The Bertz CT molecular complexity index is 1370. The Morgan fingerprint density at radius 3 is 2.64 bits per heavy atom. The third-order valence-electron chi connectivity index (χ3n) is 8.53. The molecule has 1 aromatic carbocycles. The lowest BCUT2D eigenvalue weighted by molar-refractivity contribution is -0.197. The molecule has 2 aromatic heterocycles. The Morgan fingerprint density at radius 1 is 1.10 bits per heavy atom. The van der Waals surface area contributed by atoms with Gasteiger partial charge in [-0.15, -0.1) is 0 Å². The summed E-state index contributed by atoms with van der Waals surface area (Å²) in [6.07, 6.45) is 9.12. The molecule has 4 atom stereocenters. The van der Waals surface area contributed by atoms with Crippen molar-refractivity contribution in [3.63, 3.8) is 0 Å². The van der Waals surface area contributed by atoms with Crippen molar-refractivity contribution in [3.8, 4) is 0 Å². The molecule has 12 heteroatoms. The molecule has 3 aliphatic rings. The lowest BCUT2D eigenvalue weighted by atomic mass is 9.84. The number of fused-ring (bicyclic) bond motifs is 2. The molecule has 4 N–H and O–H groups in total. The zero-order valence-corrected chi connectivity index (χ0v) is 24.7. The van der Waals surface area contributed by atoms with E-state index in [-0.39, 0.29) is 24.3 Å². The highest BCUT2D eigenvalue weighted by atomic mass is 16.8. The molecule has 2 saturated heterocycles. The smallest absolute Gasteiger partial charge is 0.319 e. The van der Waals surface area contributed by atoms with Crippen molar-refractivity contribution < 1.29 is 19.0 Å². The number of nitrogen functional groups attached to an aromatic ring is 1. The first-order chi connectivity index (χ1) is 20.3. The van der Waals surface area contributed by atoms with Gasteiger partial charge in [-0.05, 0) is 70.3 Å². The molecular weight excluding hydrogens is 536 g/mol. The number of hydrogen-bond acceptors (Lipinski definition) is 9. The third kappa shape index (κ3) is 6.22. The molecule has 0 radical (unpaired) electrons. The predicted octanol–water partition coefficient (Wildman–Crippen LogP) is 4.02. The van der Waals surface area contributed by atoms with Crippen LogP contribution in [0.2, 0.25) is 0 Å². The zero-order chi connectivity index (χ0) is 29.3. The number of carbonyl (C=O) groups is 1. The van der Waals surface area contributed by atoms with Crippen molar-refractivity contribution in [3.05, 3.63) is 42.5 Å². The fourth-order valence-corrected chi connectivity index (χ4v) is 6.49. The minimum Gasteiger partial charge on any atom is -0.382 e. The van der Waals surface area contributed by atoms with E-state index < -0.39 is 12.0 Å². The number of likely N-dealkylation sites (N-methyl/N-ethyl adjacent to an activating group) is 1. The van der Waals surface area contributed by atoms with Crippen molar-refractivity contribution in [2.24, 2.45) is 0 Å². The molecule has 0 unspecified atom stereocenters. The van der Waals surface area contributed by atoms with Crippen LogP contribution in [0.4, 0.5) is 16.3 Å². The van der Waals surface area contributed by atoms with E-state index in [0.29, 0.717) is 36.0 Å². The number of rotatable bonds is 9. The average Bonchev–Trinajstić information content (AvgIpc) is 3.64. The van der Waals surface area contributed by atoms with Gasteiger partial charge in [-0.25, -0.2) is 19.7 Å². The second kappa shape index (κ2) is 12.1. The molecule has 226 valence electrons. The number of aromatic nitrogens is 4. The van der Waals surface area contributed by atoms with Gasteiger partial charge in [0.05, 0.1) is 6.33 Å². The molecule has 1 saturated carbocycles. The molecule has 0 spiro atoms. The molecule has 3 fully saturated rings. The maximum Gasteiger partial charge on any atom is 0.319 e. The fourth-order valence-electron chi connectivity index (χ4n) is 6.49. The quantitative estimate of drug-likeness (QED) is 0.321. The standard InChI is InChI=1S/C30H42N8O4/c1-30(2)41-24-22(40-28(25(24)42-30)38-18-35-23-26(31)33-17-34-27(23)38)16-37(3)15-7-14-32-29(39)36-21-12-10-20(11-13-21)19-8-5-4-6-9-19/h10-13,17-19,22,24-25,28H,4-9,14-16H2,1-3H3,(H2,31,33,34)(H2,32,36,39)/t22-,24-,25-,28-/m1/s1. The summed E-state index contributed by atoms with van der Waals surface area (Å²) in [5, 5.41) is 5.92. The van der Waals surface area contributed by atoms with Gasteiger partial charge >= 0.3 is 6.03 Å². The molecule has 2 aliphatic heterocycles. The Morgan fingerprint density at radius 2 is 1.86 bits per heavy atom. The van der Waals surface area contributed by atoms with E-state index in [1.165, 1.54) is 44.0 Å². The van der Waals surface area contributed by atoms with Crippen LogP contribution in [0.25, 0.3) is 11.2 Å². The monoisotopic (exact) mass is 578 g/mol. The van der Waals surface area contributed by atoms with E-state index >= 15 is 0 Å². The fraction of sp³-hybridized carbons (Fsp3) is 0.600. The minimum atomic E-state index is -0.730. The van der Waals surface area contributed by atoms with Crippen LogP contribution in [0.3, 0.4) is 0 Å². The minimum absolute atomic E-state index is 0.191. The van der Waals surface area contributed by atoms with Gasteiger partial charge in [-0.3, -0.25) is 4.57 Å². The van der Waals surface area contributed by atoms with Gasteiger partial charge in [-0.1, -0.05) is 31.4 Å². The van der Waals surface area contributed by atoms with Crippen molar-refractivity contribution >= 4 is 28.7 Å². The van der Waals surface area contributed by atoms with E-state index in [9.17, 15) is 4.79 Å². The van der Waals surface area contributed by atoms with Crippen LogP contribution < -0.4 is 16.4 Å². The van der Waals surface area contributed by atoms with Crippen LogP contribution in [-0.2, 0) is 14.2 Å². The molecular formula is C30H42N8O4. The van der Waals surface area contributed by atoms with Crippen LogP contribution >= 0.6 is 0 Å². The Hall–Kier alpha value is -3.32. The summed E-state index contributed by atoms with van der Waals surface area (Å²) in [6.45, 7) is 5.81. The summed E-state index contributed by atoms with van der Waals surface area (Å²) in [7, 11) is 2.04. The number of benzene rings is 1. The second-order valence-electron chi connectivity index (χ2n) is 12.2. The molecule has 6 rings (SSSR count). The van der Waals surface area contributed by atoms with E-state index in [0.717, 1.165) is 18.7 Å². The van der Waals surface area contributed by atoms with E-state index in [2.05, 4.69) is 42.6 Å². The SMILES string of the molecule is CN(CCCNC(=O)Nc1ccc(C2CCCCC2)cc1)C[C@H]1O[C@@H](n2cnc3c(N)ncnc32)[C@@H]2OC(C)(C)O[C@@H]21. The number of nitrogens with one attached hydrogen (secondary N) is 2. The molecule has 3 aromatic rings. The number of nitrogens with two attached hydrogens (primary N) is 1. The summed E-state index contributed by atoms with van der Waals surface area (Å²) < 4.78 is 20.9. The number of imidazole rings is 1. The average molecular weight is 579 g/mol. The maximum absolute atomic E-state index is 12.5. The number of nitrogens with zero attached hydrogens (tertiary/aromatic N) is 5. The lowest BCUT2D eigenvalue weighted by Crippen LogP contribution is -2.39. The van der Waals surface area contributed by atoms with Crippen molar-refractivity contribution in [1.29, 1.82) is 0 Å². The number of anilines is 2. The first kappa shape index (κ1) is 28.8. The van der Waals surface area contributed by atoms with Gasteiger partial charge in [0.15, 0.2) is 23.5 Å². The molecule has 0 bridgehead atoms. The highest BCUT2D eigenvalue weighted by Crippen LogP contribution is 2.44. The number of urea groups is 1. The van der Waals surface area contributed by atoms with Crippen LogP contribution in [-0.4, -0.2) is 81.2 Å². The Labute approximate surface area is 246 Å². The predicted molar refractivity (Wildman–Crippen MR) is 159 cm³/mol. The Kier molecular flexibility index (Phi) is 8.30. The van der Waals surface area contributed by atoms with Gasteiger partial charge in [0.25, 0.3) is 0 Å². The lowest BCUT2D eigenvalue weighted by Gasteiger charge is -2.27. The number of hydrogen-bond donors (Lipinski definition) is 3. The van der Waals surface area contributed by atoms with Gasteiger partial charge < -0.3 is 35.5 Å². The van der Waals surface area contributed by atoms with Crippen LogP contribution in [0.15, 0.2) is 36.9 Å². The van der Waals surface area contributed by atoms with Gasteiger partial charge in [0.2, 0.25) is 0 Å². The first-order valence-electron chi connectivity index (χ1n) is 15.0. The maximum atomic E-state index is 12.5. The van der Waals surface area contributed by atoms with Crippen molar-refractivity contribution in [2.45, 2.75) is 88.6 Å². The number of ether oxygens (including phenoxy) is 3.